The largest absolute Gasteiger partial charge is 0.452 e. The molecule has 0 spiro atoms. The Hall–Kier alpha value is -2.45. The zero-order chi connectivity index (χ0) is 18.9. The Bertz CT molecular complexity index is 624. The average molecular weight is 363 g/mol. The molecule has 1 aliphatic heterocycles. The van der Waals surface area contributed by atoms with Crippen molar-refractivity contribution in [1.29, 1.82) is 0 Å². The fraction of sp³-hybridized carbons (Fsp3) is 0.500. The zero-order valence-corrected chi connectivity index (χ0v) is 15.1. The molecule has 1 saturated heterocycles. The Kier molecular flexibility index (Phi) is 7.55. The number of hydrogen-bond acceptors (Lipinski definition) is 6. The van der Waals surface area contributed by atoms with Crippen molar-refractivity contribution in [1.82, 2.24) is 15.5 Å². The molecule has 0 radical (unpaired) electrons. The Morgan fingerprint density at radius 3 is 2.42 bits per heavy atom. The highest BCUT2D eigenvalue weighted by atomic mass is 16.5. The molecule has 2 N–H and O–H groups in total. The van der Waals surface area contributed by atoms with Crippen LogP contribution >= 0.6 is 0 Å². The van der Waals surface area contributed by atoms with Crippen molar-refractivity contribution < 1.29 is 23.9 Å². The van der Waals surface area contributed by atoms with Crippen LogP contribution in [-0.4, -0.2) is 61.8 Å². The molecule has 0 unspecified atom stereocenters. The first kappa shape index (κ1) is 19.9. The summed E-state index contributed by atoms with van der Waals surface area (Å²) in [5.74, 6) is -1.29. The van der Waals surface area contributed by atoms with Crippen molar-refractivity contribution in [3.05, 3.63) is 35.4 Å². The first-order valence-corrected chi connectivity index (χ1v) is 8.60. The topological polar surface area (TPSA) is 97.0 Å². The Morgan fingerprint density at radius 1 is 1.15 bits per heavy atom. The quantitative estimate of drug-likeness (QED) is 0.729. The molecular formula is C18H25N3O5. The maximum Gasteiger partial charge on any atom is 0.338 e. The van der Waals surface area contributed by atoms with Crippen molar-refractivity contribution in [2.24, 2.45) is 0 Å². The number of carbonyl (C=O) groups excluding carboxylic acids is 3. The molecule has 1 aromatic carbocycles. The molecule has 142 valence electrons. The summed E-state index contributed by atoms with van der Waals surface area (Å²) in [7, 11) is 0. The number of nitrogens with one attached hydrogen (secondary N) is 2. The van der Waals surface area contributed by atoms with E-state index < -0.39 is 24.5 Å². The molecule has 0 aromatic heterocycles. The molecular weight excluding hydrogens is 338 g/mol. The summed E-state index contributed by atoms with van der Waals surface area (Å²) >= 11 is 0. The molecule has 1 aliphatic rings. The molecule has 2 rings (SSSR count). The second-order valence-electron chi connectivity index (χ2n) is 6.34. The highest BCUT2D eigenvalue weighted by molar-refractivity contribution is 5.97. The van der Waals surface area contributed by atoms with Crippen molar-refractivity contribution in [3.8, 4) is 0 Å². The summed E-state index contributed by atoms with van der Waals surface area (Å²) in [4.78, 5) is 37.2. The van der Waals surface area contributed by atoms with Gasteiger partial charge in [-0.25, -0.2) is 9.59 Å². The lowest BCUT2D eigenvalue weighted by Gasteiger charge is -2.26. The lowest BCUT2D eigenvalue weighted by Crippen LogP contribution is -2.44. The van der Waals surface area contributed by atoms with Crippen LogP contribution in [0.2, 0.25) is 0 Å². The second-order valence-corrected chi connectivity index (χ2v) is 6.34. The van der Waals surface area contributed by atoms with Crippen LogP contribution in [0.15, 0.2) is 24.3 Å². The smallest absolute Gasteiger partial charge is 0.338 e. The predicted molar refractivity (Wildman–Crippen MR) is 94.6 cm³/mol. The lowest BCUT2D eigenvalue weighted by molar-refractivity contribution is -0.123. The van der Waals surface area contributed by atoms with Crippen LogP contribution in [0.1, 0.15) is 29.8 Å². The van der Waals surface area contributed by atoms with Crippen molar-refractivity contribution in [3.63, 3.8) is 0 Å². The van der Waals surface area contributed by atoms with Gasteiger partial charge in [-0.1, -0.05) is 12.1 Å². The number of ether oxygens (including phenoxy) is 2. The van der Waals surface area contributed by atoms with Crippen LogP contribution in [0.25, 0.3) is 0 Å². The van der Waals surface area contributed by atoms with Gasteiger partial charge in [-0.3, -0.25) is 15.0 Å². The number of imide groups is 1. The number of hydrogen-bond donors (Lipinski definition) is 2. The third kappa shape index (κ3) is 6.81. The van der Waals surface area contributed by atoms with E-state index in [0.29, 0.717) is 5.56 Å². The summed E-state index contributed by atoms with van der Waals surface area (Å²) in [6, 6.07) is 6.35. The van der Waals surface area contributed by atoms with E-state index in [1.54, 1.807) is 26.0 Å². The molecule has 26 heavy (non-hydrogen) atoms. The Labute approximate surface area is 152 Å². The Morgan fingerprint density at radius 2 is 1.81 bits per heavy atom. The van der Waals surface area contributed by atoms with Crippen molar-refractivity contribution in [2.45, 2.75) is 26.4 Å². The molecule has 0 aliphatic carbocycles. The van der Waals surface area contributed by atoms with Crippen molar-refractivity contribution in [2.75, 3.05) is 32.9 Å². The maximum absolute atomic E-state index is 12.0. The summed E-state index contributed by atoms with van der Waals surface area (Å²) < 4.78 is 10.2. The second kappa shape index (κ2) is 9.88. The molecule has 3 amide bonds. The van der Waals surface area contributed by atoms with Crippen LogP contribution in [-0.2, 0) is 20.8 Å². The van der Waals surface area contributed by atoms with E-state index in [1.165, 1.54) is 0 Å². The average Bonchev–Trinajstić information content (AvgIpc) is 2.60. The fourth-order valence-corrected chi connectivity index (χ4v) is 2.44. The number of nitrogens with zero attached hydrogens (tertiary/aromatic N) is 1. The lowest BCUT2D eigenvalue weighted by atomic mass is 10.1. The zero-order valence-electron chi connectivity index (χ0n) is 15.1. The number of urea groups is 1. The van der Waals surface area contributed by atoms with Gasteiger partial charge in [-0.05, 0) is 31.5 Å². The van der Waals surface area contributed by atoms with Gasteiger partial charge in [-0.2, -0.15) is 0 Å². The molecule has 1 aromatic rings. The molecule has 0 atom stereocenters. The van der Waals surface area contributed by atoms with E-state index in [2.05, 4.69) is 15.5 Å². The highest BCUT2D eigenvalue weighted by Crippen LogP contribution is 2.10. The minimum atomic E-state index is -0.680. The van der Waals surface area contributed by atoms with Gasteiger partial charge >= 0.3 is 12.0 Å². The van der Waals surface area contributed by atoms with Gasteiger partial charge in [0.2, 0.25) is 0 Å². The molecule has 0 saturated carbocycles. The van der Waals surface area contributed by atoms with Crippen LogP contribution in [0, 0.1) is 0 Å². The van der Waals surface area contributed by atoms with E-state index in [4.69, 9.17) is 9.47 Å². The van der Waals surface area contributed by atoms with Gasteiger partial charge in [0.1, 0.15) is 0 Å². The minimum absolute atomic E-state index is 0.0960. The molecule has 1 heterocycles. The van der Waals surface area contributed by atoms with E-state index in [0.717, 1.165) is 38.4 Å². The number of esters is 1. The third-order valence-corrected chi connectivity index (χ3v) is 3.71. The first-order valence-electron chi connectivity index (χ1n) is 8.60. The summed E-state index contributed by atoms with van der Waals surface area (Å²) in [6.07, 6.45) is 0. The highest BCUT2D eigenvalue weighted by Gasteiger charge is 2.14. The molecule has 8 heteroatoms. The normalized spacial score (nSPS) is 14.7. The van der Waals surface area contributed by atoms with Gasteiger partial charge in [0, 0.05) is 25.7 Å². The summed E-state index contributed by atoms with van der Waals surface area (Å²) in [6.45, 7) is 7.08. The SMILES string of the molecule is CC(C)NC(=O)NC(=O)COC(=O)c1ccc(CN2CCOCC2)cc1. The number of benzene rings is 1. The van der Waals surface area contributed by atoms with Gasteiger partial charge in [0.05, 0.1) is 18.8 Å². The van der Waals surface area contributed by atoms with E-state index in [1.807, 2.05) is 12.1 Å². The molecule has 0 bridgehead atoms. The monoisotopic (exact) mass is 363 g/mol. The summed E-state index contributed by atoms with van der Waals surface area (Å²) in [5, 5.41) is 4.60. The van der Waals surface area contributed by atoms with Gasteiger partial charge in [0.25, 0.3) is 5.91 Å². The number of rotatable bonds is 6. The first-order chi connectivity index (χ1) is 12.4. The number of morpholine rings is 1. The van der Waals surface area contributed by atoms with Gasteiger partial charge in [0.15, 0.2) is 6.61 Å². The van der Waals surface area contributed by atoms with Gasteiger partial charge in [-0.15, -0.1) is 0 Å². The third-order valence-electron chi connectivity index (χ3n) is 3.71. The predicted octanol–water partition coefficient (Wildman–Crippen LogP) is 0.910. The summed E-state index contributed by atoms with van der Waals surface area (Å²) in [5.41, 5.74) is 1.45. The number of amides is 3. The standard InChI is InChI=1S/C18H25N3O5/c1-13(2)19-18(24)20-16(22)12-26-17(23)15-5-3-14(4-6-15)11-21-7-9-25-10-8-21/h3-6,13H,7-12H2,1-2H3,(H2,19,20,22,24). The fourth-order valence-electron chi connectivity index (χ4n) is 2.44. The number of carbonyl (C=O) groups is 3. The van der Waals surface area contributed by atoms with Crippen LogP contribution < -0.4 is 10.6 Å². The van der Waals surface area contributed by atoms with E-state index in [-0.39, 0.29) is 6.04 Å². The van der Waals surface area contributed by atoms with Gasteiger partial charge < -0.3 is 14.8 Å². The van der Waals surface area contributed by atoms with E-state index >= 15 is 0 Å². The van der Waals surface area contributed by atoms with E-state index in [9.17, 15) is 14.4 Å². The Balaban J connectivity index is 1.76. The van der Waals surface area contributed by atoms with Crippen LogP contribution in [0.3, 0.4) is 0 Å². The minimum Gasteiger partial charge on any atom is -0.452 e. The maximum atomic E-state index is 12.0. The van der Waals surface area contributed by atoms with Crippen molar-refractivity contribution >= 4 is 17.9 Å². The van der Waals surface area contributed by atoms with Crippen LogP contribution in [0.4, 0.5) is 4.79 Å². The van der Waals surface area contributed by atoms with Crippen LogP contribution in [0.5, 0.6) is 0 Å². The molecule has 1 fully saturated rings. The molecule has 8 nitrogen and oxygen atoms in total.